The zero-order chi connectivity index (χ0) is 11.5. The van der Waals surface area contributed by atoms with Crippen LogP contribution in [0.5, 0.6) is 0 Å². The lowest BCUT2D eigenvalue weighted by Crippen LogP contribution is -1.90. The molecule has 0 aliphatic heterocycles. The third-order valence-electron chi connectivity index (χ3n) is 2.73. The molecule has 2 aromatic rings. The monoisotopic (exact) mass is 297 g/mol. The van der Waals surface area contributed by atoms with E-state index in [-0.39, 0.29) is 0 Å². The van der Waals surface area contributed by atoms with Crippen LogP contribution in [0.15, 0.2) is 28.9 Å². The number of hydrogen-bond donors (Lipinski definition) is 0. The maximum absolute atomic E-state index is 3.54. The Balaban J connectivity index is 2.50. The molecule has 0 N–H and O–H groups in total. The number of thioether (sulfide) groups is 1. The molecule has 1 nitrogen and oxygen atoms in total. The Morgan fingerprint density at radius 1 is 1.31 bits per heavy atom. The van der Waals surface area contributed by atoms with Gasteiger partial charge in [-0.05, 0) is 30.4 Å². The molecule has 0 bridgehead atoms. The van der Waals surface area contributed by atoms with Crippen LogP contribution in [-0.4, -0.2) is 10.3 Å². The van der Waals surface area contributed by atoms with E-state index in [9.17, 15) is 0 Å². The highest BCUT2D eigenvalue weighted by Crippen LogP contribution is 2.27. The number of halogens is 1. The quantitative estimate of drug-likeness (QED) is 0.793. The smallest absolute Gasteiger partial charge is 0.0494 e. The highest BCUT2D eigenvalue weighted by Gasteiger charge is 2.07. The summed E-state index contributed by atoms with van der Waals surface area (Å²) in [7, 11) is 0. The number of rotatable bonds is 4. The molecular formula is C13H16BrNS. The van der Waals surface area contributed by atoms with Crippen LogP contribution in [0.2, 0.25) is 0 Å². The second kappa shape index (κ2) is 5.28. The van der Waals surface area contributed by atoms with Crippen molar-refractivity contribution in [2.45, 2.75) is 26.1 Å². The topological polar surface area (TPSA) is 4.93 Å². The number of aryl methyl sites for hydroxylation is 1. The van der Waals surface area contributed by atoms with E-state index in [0.29, 0.717) is 0 Å². The first-order valence-corrected chi connectivity index (χ1v) is 7.56. The van der Waals surface area contributed by atoms with Crippen LogP contribution >= 0.6 is 27.7 Å². The van der Waals surface area contributed by atoms with Gasteiger partial charge in [0.05, 0.1) is 0 Å². The maximum atomic E-state index is 3.54. The minimum Gasteiger partial charge on any atom is -0.347 e. The van der Waals surface area contributed by atoms with Crippen LogP contribution in [0.25, 0.3) is 10.9 Å². The molecule has 86 valence electrons. The van der Waals surface area contributed by atoms with E-state index in [1.807, 2.05) is 11.8 Å². The summed E-state index contributed by atoms with van der Waals surface area (Å²) < 4.78 is 3.48. The summed E-state index contributed by atoms with van der Waals surface area (Å²) in [5, 5.41) is 1.39. The standard InChI is InChI=1S/C13H16BrNS/c1-3-15-8-10(9-16-4-2)12-6-5-11(14)7-13(12)15/h5-8H,3-4,9H2,1-2H3. The van der Waals surface area contributed by atoms with Gasteiger partial charge in [-0.15, -0.1) is 0 Å². The number of hydrogen-bond acceptors (Lipinski definition) is 1. The van der Waals surface area contributed by atoms with E-state index in [1.165, 1.54) is 22.2 Å². The van der Waals surface area contributed by atoms with Crippen LogP contribution in [0.1, 0.15) is 19.4 Å². The molecule has 1 aromatic carbocycles. The highest BCUT2D eigenvalue weighted by atomic mass is 79.9. The van der Waals surface area contributed by atoms with Gasteiger partial charge in [0.1, 0.15) is 0 Å². The lowest BCUT2D eigenvalue weighted by Gasteiger charge is -2.00. The Kier molecular flexibility index (Phi) is 3.98. The van der Waals surface area contributed by atoms with E-state index in [4.69, 9.17) is 0 Å². The summed E-state index contributed by atoms with van der Waals surface area (Å²) in [5.74, 6) is 2.29. The first-order chi connectivity index (χ1) is 7.76. The fraction of sp³-hybridized carbons (Fsp3) is 0.385. The second-order valence-electron chi connectivity index (χ2n) is 3.74. The lowest BCUT2D eigenvalue weighted by molar-refractivity contribution is 0.795. The Morgan fingerprint density at radius 2 is 2.12 bits per heavy atom. The molecule has 2 rings (SSSR count). The van der Waals surface area contributed by atoms with Crippen molar-refractivity contribution in [1.29, 1.82) is 0 Å². The summed E-state index contributed by atoms with van der Waals surface area (Å²) in [6, 6.07) is 6.55. The third-order valence-corrected chi connectivity index (χ3v) is 4.15. The first kappa shape index (κ1) is 12.1. The molecule has 0 saturated carbocycles. The van der Waals surface area contributed by atoms with Crippen molar-refractivity contribution in [3.63, 3.8) is 0 Å². The lowest BCUT2D eigenvalue weighted by atomic mass is 10.2. The number of nitrogens with zero attached hydrogens (tertiary/aromatic N) is 1. The zero-order valence-corrected chi connectivity index (χ0v) is 12.1. The summed E-state index contributed by atoms with van der Waals surface area (Å²) in [6.07, 6.45) is 2.29. The molecule has 0 unspecified atom stereocenters. The normalized spacial score (nSPS) is 11.2. The molecule has 1 heterocycles. The van der Waals surface area contributed by atoms with Gasteiger partial charge in [-0.3, -0.25) is 0 Å². The van der Waals surface area contributed by atoms with Crippen molar-refractivity contribution in [1.82, 2.24) is 4.57 Å². The third kappa shape index (κ3) is 2.30. The van der Waals surface area contributed by atoms with Gasteiger partial charge < -0.3 is 4.57 Å². The molecule has 0 atom stereocenters. The number of benzene rings is 1. The second-order valence-corrected chi connectivity index (χ2v) is 5.93. The van der Waals surface area contributed by atoms with E-state index < -0.39 is 0 Å². The van der Waals surface area contributed by atoms with Crippen molar-refractivity contribution in [2.75, 3.05) is 5.75 Å². The highest BCUT2D eigenvalue weighted by molar-refractivity contribution is 9.10. The van der Waals surface area contributed by atoms with E-state index in [2.05, 4.69) is 58.7 Å². The largest absolute Gasteiger partial charge is 0.347 e. The van der Waals surface area contributed by atoms with Crippen LogP contribution in [0.3, 0.4) is 0 Å². The Bertz CT molecular complexity index is 490. The van der Waals surface area contributed by atoms with Gasteiger partial charge in [0, 0.05) is 33.9 Å². The molecule has 0 aliphatic rings. The van der Waals surface area contributed by atoms with Crippen LogP contribution in [0.4, 0.5) is 0 Å². The minimum atomic E-state index is 1.03. The Morgan fingerprint density at radius 3 is 2.81 bits per heavy atom. The van der Waals surface area contributed by atoms with Gasteiger partial charge in [0.15, 0.2) is 0 Å². The van der Waals surface area contributed by atoms with Crippen molar-refractivity contribution in [2.24, 2.45) is 0 Å². The van der Waals surface area contributed by atoms with E-state index in [0.717, 1.165) is 16.8 Å². The summed E-state index contributed by atoms with van der Waals surface area (Å²) in [4.78, 5) is 0. The fourth-order valence-corrected chi connectivity index (χ4v) is 2.93. The van der Waals surface area contributed by atoms with Gasteiger partial charge >= 0.3 is 0 Å². The number of aromatic nitrogens is 1. The molecule has 0 spiro atoms. The Labute approximate surface area is 109 Å². The molecule has 1 aromatic heterocycles. The van der Waals surface area contributed by atoms with Crippen molar-refractivity contribution < 1.29 is 0 Å². The molecular weight excluding hydrogens is 282 g/mol. The molecule has 0 amide bonds. The summed E-state index contributed by atoms with van der Waals surface area (Å²) >= 11 is 5.52. The minimum absolute atomic E-state index is 1.03. The van der Waals surface area contributed by atoms with E-state index in [1.54, 1.807) is 0 Å². The maximum Gasteiger partial charge on any atom is 0.0494 e. The van der Waals surface area contributed by atoms with Crippen molar-refractivity contribution >= 4 is 38.6 Å². The molecule has 0 aliphatic carbocycles. The van der Waals surface area contributed by atoms with Crippen molar-refractivity contribution in [3.05, 3.63) is 34.4 Å². The van der Waals surface area contributed by atoms with Gasteiger partial charge in [0.2, 0.25) is 0 Å². The SMILES string of the molecule is CCSCc1cn(CC)c2cc(Br)ccc12. The molecule has 0 radical (unpaired) electrons. The number of fused-ring (bicyclic) bond motifs is 1. The van der Waals surface area contributed by atoms with Crippen LogP contribution in [0, 0.1) is 0 Å². The van der Waals surface area contributed by atoms with Gasteiger partial charge in [-0.25, -0.2) is 0 Å². The Hall–Kier alpha value is -0.410. The molecule has 0 saturated heterocycles. The van der Waals surface area contributed by atoms with Gasteiger partial charge in [0.25, 0.3) is 0 Å². The van der Waals surface area contributed by atoms with Gasteiger partial charge in [-0.1, -0.05) is 28.9 Å². The molecule has 0 fully saturated rings. The van der Waals surface area contributed by atoms with Gasteiger partial charge in [-0.2, -0.15) is 11.8 Å². The summed E-state index contributed by atoms with van der Waals surface area (Å²) in [5.41, 5.74) is 2.79. The molecule has 3 heteroatoms. The summed E-state index contributed by atoms with van der Waals surface area (Å²) in [6.45, 7) is 5.43. The molecule has 16 heavy (non-hydrogen) atoms. The zero-order valence-electron chi connectivity index (χ0n) is 9.66. The average molecular weight is 298 g/mol. The first-order valence-electron chi connectivity index (χ1n) is 5.61. The fourth-order valence-electron chi connectivity index (χ4n) is 1.93. The predicted molar refractivity (Wildman–Crippen MR) is 77.1 cm³/mol. The van der Waals surface area contributed by atoms with Crippen LogP contribution < -0.4 is 0 Å². The van der Waals surface area contributed by atoms with Crippen LogP contribution in [-0.2, 0) is 12.3 Å². The van der Waals surface area contributed by atoms with E-state index >= 15 is 0 Å². The average Bonchev–Trinajstić information content (AvgIpc) is 2.63. The van der Waals surface area contributed by atoms with Crippen molar-refractivity contribution in [3.8, 4) is 0 Å². The predicted octanol–water partition coefficient (Wildman–Crippen LogP) is 4.68.